The number of furan rings is 1. The highest BCUT2D eigenvalue weighted by atomic mass is 16.3. The van der Waals surface area contributed by atoms with Crippen LogP contribution in [-0.4, -0.2) is 9.97 Å². The van der Waals surface area contributed by atoms with Crippen LogP contribution in [0.5, 0.6) is 0 Å². The number of benzene rings is 8. The van der Waals surface area contributed by atoms with Gasteiger partial charge in [-0.25, -0.2) is 9.97 Å². The van der Waals surface area contributed by atoms with E-state index < -0.39 is 5.41 Å². The predicted octanol–water partition coefficient (Wildman–Crippen LogP) is 13.4. The van der Waals surface area contributed by atoms with Crippen LogP contribution < -0.4 is 0 Å². The van der Waals surface area contributed by atoms with Crippen LogP contribution in [0, 0.1) is 0 Å². The Labute approximate surface area is 324 Å². The fourth-order valence-electron chi connectivity index (χ4n) is 9.55. The number of hydrogen-bond acceptors (Lipinski definition) is 3. The zero-order valence-corrected chi connectivity index (χ0v) is 30.3. The van der Waals surface area contributed by atoms with Crippen LogP contribution in [0.1, 0.15) is 22.3 Å². The van der Waals surface area contributed by atoms with Gasteiger partial charge < -0.3 is 4.42 Å². The van der Waals surface area contributed by atoms with Crippen molar-refractivity contribution < 1.29 is 4.42 Å². The maximum atomic E-state index is 6.34. The number of aromatic nitrogens is 2. The van der Waals surface area contributed by atoms with Crippen LogP contribution in [0.4, 0.5) is 0 Å². The van der Waals surface area contributed by atoms with Crippen molar-refractivity contribution in [3.63, 3.8) is 0 Å². The monoisotopic (exact) mass is 712 g/mol. The van der Waals surface area contributed by atoms with Crippen LogP contribution in [0.2, 0.25) is 0 Å². The molecule has 0 unspecified atom stereocenters. The number of rotatable bonds is 3. The van der Waals surface area contributed by atoms with E-state index in [9.17, 15) is 0 Å². The van der Waals surface area contributed by atoms with Gasteiger partial charge in [-0.15, -0.1) is 0 Å². The summed E-state index contributed by atoms with van der Waals surface area (Å²) in [6.07, 6.45) is 0. The van der Waals surface area contributed by atoms with Crippen LogP contribution in [0.15, 0.2) is 199 Å². The topological polar surface area (TPSA) is 38.9 Å². The van der Waals surface area contributed by atoms with Crippen LogP contribution in [0.25, 0.3) is 89.2 Å². The normalized spacial score (nSPS) is 13.1. The smallest absolute Gasteiger partial charge is 0.160 e. The lowest BCUT2D eigenvalue weighted by Gasteiger charge is -2.35. The van der Waals surface area contributed by atoms with Gasteiger partial charge in [0, 0.05) is 27.5 Å². The minimum atomic E-state index is -0.571. The molecule has 0 fully saturated rings. The molecule has 0 amide bonds. The van der Waals surface area contributed by atoms with Gasteiger partial charge in [-0.3, -0.25) is 0 Å². The minimum Gasteiger partial charge on any atom is -0.456 e. The summed E-state index contributed by atoms with van der Waals surface area (Å²) < 4.78 is 6.34. The molecule has 0 atom stereocenters. The molecule has 0 N–H and O–H groups in total. The van der Waals surface area contributed by atoms with Gasteiger partial charge in [0.15, 0.2) is 5.82 Å². The molecule has 8 aromatic carbocycles. The summed E-state index contributed by atoms with van der Waals surface area (Å²) in [5, 5.41) is 2.20. The molecular weight excluding hydrogens is 681 g/mol. The highest BCUT2D eigenvalue weighted by Gasteiger charge is 2.49. The molecule has 3 heteroatoms. The van der Waals surface area contributed by atoms with E-state index in [2.05, 4.69) is 164 Å². The molecule has 0 saturated carbocycles. The van der Waals surface area contributed by atoms with Gasteiger partial charge in [0.25, 0.3) is 0 Å². The fraction of sp³-hybridized carbons (Fsp3) is 0.0189. The Morgan fingerprint density at radius 3 is 1.46 bits per heavy atom. The van der Waals surface area contributed by atoms with Gasteiger partial charge in [-0.05, 0) is 86.0 Å². The maximum Gasteiger partial charge on any atom is 0.160 e. The Kier molecular flexibility index (Phi) is 6.55. The Bertz CT molecular complexity index is 3170. The lowest BCUT2D eigenvalue weighted by Crippen LogP contribution is -2.29. The molecule has 2 aliphatic carbocycles. The first-order valence-corrected chi connectivity index (χ1v) is 19.2. The van der Waals surface area contributed by atoms with Gasteiger partial charge in [0.05, 0.1) is 16.8 Å². The molecule has 0 radical (unpaired) electrons. The maximum absolute atomic E-state index is 6.34. The van der Waals surface area contributed by atoms with Crippen molar-refractivity contribution in [1.29, 1.82) is 0 Å². The Balaban J connectivity index is 1.15. The third-order valence-electron chi connectivity index (χ3n) is 11.9. The van der Waals surface area contributed by atoms with E-state index in [1.54, 1.807) is 0 Å². The second kappa shape index (κ2) is 11.8. The summed E-state index contributed by atoms with van der Waals surface area (Å²) in [6, 6.07) is 69.9. The van der Waals surface area contributed by atoms with Gasteiger partial charge in [-0.1, -0.05) is 164 Å². The second-order valence-electron chi connectivity index (χ2n) is 14.8. The third kappa shape index (κ3) is 4.34. The molecule has 1 spiro atoms. The average molecular weight is 713 g/mol. The molecule has 0 saturated heterocycles. The predicted molar refractivity (Wildman–Crippen MR) is 227 cm³/mol. The van der Waals surface area contributed by atoms with E-state index >= 15 is 0 Å². The van der Waals surface area contributed by atoms with Crippen molar-refractivity contribution in [1.82, 2.24) is 9.97 Å². The SMILES string of the molecule is c1ccc(-c2nc(-c3ccc4c(c3)C3(c5ccccc5-c5ccccc5-4)c4ccccc4-c4ccccc43)cc(-c3ccc4c(c3)oc3ccccc34)n2)cc1. The lowest BCUT2D eigenvalue weighted by molar-refractivity contribution is 0.669. The summed E-state index contributed by atoms with van der Waals surface area (Å²) in [5.74, 6) is 0.680. The zero-order valence-electron chi connectivity index (χ0n) is 30.3. The molecule has 2 aliphatic rings. The first-order chi connectivity index (χ1) is 27.8. The molecular formula is C53H32N2O. The molecule has 10 aromatic rings. The van der Waals surface area contributed by atoms with E-state index in [0.29, 0.717) is 5.82 Å². The summed E-state index contributed by atoms with van der Waals surface area (Å²) in [6.45, 7) is 0. The van der Waals surface area contributed by atoms with Crippen molar-refractivity contribution in [2.75, 3.05) is 0 Å². The van der Waals surface area contributed by atoms with E-state index in [4.69, 9.17) is 14.4 Å². The van der Waals surface area contributed by atoms with Crippen molar-refractivity contribution in [3.8, 4) is 67.3 Å². The van der Waals surface area contributed by atoms with Gasteiger partial charge in [0.2, 0.25) is 0 Å². The first-order valence-electron chi connectivity index (χ1n) is 19.2. The number of para-hydroxylation sites is 1. The summed E-state index contributed by atoms with van der Waals surface area (Å²) >= 11 is 0. The van der Waals surface area contributed by atoms with Crippen molar-refractivity contribution in [2.45, 2.75) is 5.41 Å². The van der Waals surface area contributed by atoms with E-state index in [-0.39, 0.29) is 0 Å². The zero-order chi connectivity index (χ0) is 36.8. The number of nitrogens with zero attached hydrogens (tertiary/aromatic N) is 2. The summed E-state index contributed by atoms with van der Waals surface area (Å²) in [7, 11) is 0. The molecule has 260 valence electrons. The standard InChI is InChI=1S/C53H32N2O/c1-2-14-33(15-3-1)52-54-48(32-49(55-52)35-27-29-43-42-21-9-13-25-50(42)56-51(43)31-35)34-26-28-41-37-17-5-4-16-36(37)38-18-6-10-22-44(38)53(47(41)30-34)45-23-11-7-19-39(45)40-20-8-12-24-46(40)53/h1-32H. The molecule has 2 heterocycles. The van der Waals surface area contributed by atoms with Gasteiger partial charge in [-0.2, -0.15) is 0 Å². The Hall–Kier alpha value is -7.36. The molecule has 0 bridgehead atoms. The number of fused-ring (bicyclic) bond motifs is 15. The fourth-order valence-corrected chi connectivity index (χ4v) is 9.55. The van der Waals surface area contributed by atoms with Crippen molar-refractivity contribution in [3.05, 3.63) is 216 Å². The first kappa shape index (κ1) is 31.0. The van der Waals surface area contributed by atoms with Crippen molar-refractivity contribution >= 4 is 21.9 Å². The van der Waals surface area contributed by atoms with Crippen molar-refractivity contribution in [2.24, 2.45) is 0 Å². The van der Waals surface area contributed by atoms with E-state index in [1.807, 2.05) is 30.3 Å². The van der Waals surface area contributed by atoms with E-state index in [1.165, 1.54) is 55.6 Å². The molecule has 12 rings (SSSR count). The van der Waals surface area contributed by atoms with Gasteiger partial charge in [0.1, 0.15) is 11.2 Å². The summed E-state index contributed by atoms with van der Waals surface area (Å²) in [4.78, 5) is 10.5. The third-order valence-corrected chi connectivity index (χ3v) is 11.9. The molecule has 2 aromatic heterocycles. The minimum absolute atomic E-state index is 0.571. The Morgan fingerprint density at radius 1 is 0.321 bits per heavy atom. The largest absolute Gasteiger partial charge is 0.456 e. The Morgan fingerprint density at radius 2 is 0.804 bits per heavy atom. The highest BCUT2D eigenvalue weighted by Crippen LogP contribution is 2.61. The van der Waals surface area contributed by atoms with Crippen LogP contribution >= 0.6 is 0 Å². The second-order valence-corrected chi connectivity index (χ2v) is 14.8. The highest BCUT2D eigenvalue weighted by molar-refractivity contribution is 6.06. The quantitative estimate of drug-likeness (QED) is 0.183. The summed E-state index contributed by atoms with van der Waals surface area (Å²) in [5.41, 5.74) is 18.5. The lowest BCUT2D eigenvalue weighted by atomic mass is 9.65. The molecule has 56 heavy (non-hydrogen) atoms. The van der Waals surface area contributed by atoms with Crippen LogP contribution in [0.3, 0.4) is 0 Å². The average Bonchev–Trinajstić information content (AvgIpc) is 3.76. The molecule has 0 aliphatic heterocycles. The van der Waals surface area contributed by atoms with Crippen LogP contribution in [-0.2, 0) is 5.41 Å². The van der Waals surface area contributed by atoms with E-state index in [0.717, 1.165) is 50.0 Å². The van der Waals surface area contributed by atoms with Gasteiger partial charge >= 0.3 is 0 Å². The number of hydrogen-bond donors (Lipinski definition) is 0. The molecule has 3 nitrogen and oxygen atoms in total.